The van der Waals surface area contributed by atoms with E-state index in [4.69, 9.17) is 9.15 Å². The van der Waals surface area contributed by atoms with Gasteiger partial charge in [-0.3, -0.25) is 0 Å². The molecule has 0 spiro atoms. The van der Waals surface area contributed by atoms with E-state index in [2.05, 4.69) is 25.2 Å². The second-order valence-electron chi connectivity index (χ2n) is 4.83. The minimum absolute atomic E-state index is 0.0294. The van der Waals surface area contributed by atoms with Gasteiger partial charge in [0.15, 0.2) is 0 Å². The predicted octanol–water partition coefficient (Wildman–Crippen LogP) is 4.08. The molecule has 0 bridgehead atoms. The molecule has 0 amide bonds. The Balaban J connectivity index is 2.33. The number of furan rings is 1. The Hall–Kier alpha value is -1.74. The smallest absolute Gasteiger partial charge is 0.125 e. The van der Waals surface area contributed by atoms with Crippen LogP contribution in [0.25, 0.3) is 0 Å². The number of ether oxygens (including phenoxy) is 1. The average molecular weight is 273 g/mol. The fraction of sp³-hybridized carbons (Fsp3) is 0.412. The Bertz CT molecular complexity index is 533. The summed E-state index contributed by atoms with van der Waals surface area (Å²) in [6.07, 6.45) is 1.00. The lowest BCUT2D eigenvalue weighted by molar-refractivity contribution is 0.309. The molecule has 3 nitrogen and oxygen atoms in total. The lowest BCUT2D eigenvalue weighted by atomic mass is 10.0. The maximum Gasteiger partial charge on any atom is 0.125 e. The second kappa shape index (κ2) is 7.15. The first-order valence-corrected chi connectivity index (χ1v) is 7.27. The zero-order chi connectivity index (χ0) is 14.4. The van der Waals surface area contributed by atoms with E-state index in [1.54, 1.807) is 0 Å². The van der Waals surface area contributed by atoms with E-state index in [9.17, 15) is 0 Å². The molecule has 0 aliphatic rings. The van der Waals surface area contributed by atoms with Crippen LogP contribution >= 0.6 is 0 Å². The Kier molecular flexibility index (Phi) is 5.24. The Labute approximate surface area is 121 Å². The van der Waals surface area contributed by atoms with Crippen LogP contribution in [0.15, 0.2) is 40.8 Å². The van der Waals surface area contributed by atoms with Crippen molar-refractivity contribution in [1.29, 1.82) is 0 Å². The normalized spacial score (nSPS) is 12.3. The van der Waals surface area contributed by atoms with Gasteiger partial charge in [0.2, 0.25) is 0 Å². The number of rotatable bonds is 7. The van der Waals surface area contributed by atoms with Gasteiger partial charge in [-0.05, 0) is 38.1 Å². The molecule has 0 aliphatic heterocycles. The van der Waals surface area contributed by atoms with Gasteiger partial charge in [-0.25, -0.2) is 0 Å². The largest absolute Gasteiger partial charge is 0.493 e. The molecular weight excluding hydrogens is 250 g/mol. The van der Waals surface area contributed by atoms with Crippen molar-refractivity contribution < 1.29 is 9.15 Å². The number of para-hydroxylation sites is 1. The summed E-state index contributed by atoms with van der Waals surface area (Å²) >= 11 is 0. The van der Waals surface area contributed by atoms with Gasteiger partial charge in [0, 0.05) is 5.56 Å². The maximum absolute atomic E-state index is 5.86. The minimum atomic E-state index is 0.0294. The standard InChI is InChI=1S/C17H23NO2/c1-4-12-19-15-9-7-6-8-14(15)17(18-5-2)16-11-10-13(3)20-16/h6-11,17-18H,4-5,12H2,1-3H3. The van der Waals surface area contributed by atoms with Gasteiger partial charge in [0.05, 0.1) is 12.6 Å². The first-order valence-electron chi connectivity index (χ1n) is 7.27. The molecule has 2 rings (SSSR count). The van der Waals surface area contributed by atoms with Gasteiger partial charge in [-0.2, -0.15) is 0 Å². The summed E-state index contributed by atoms with van der Waals surface area (Å²) in [6, 6.07) is 12.2. The molecule has 108 valence electrons. The summed E-state index contributed by atoms with van der Waals surface area (Å²) in [5.41, 5.74) is 1.12. The molecular formula is C17H23NO2. The van der Waals surface area contributed by atoms with Crippen LogP contribution in [0.4, 0.5) is 0 Å². The highest BCUT2D eigenvalue weighted by atomic mass is 16.5. The number of hydrogen-bond acceptors (Lipinski definition) is 3. The number of benzene rings is 1. The second-order valence-corrected chi connectivity index (χ2v) is 4.83. The molecule has 1 aromatic carbocycles. The van der Waals surface area contributed by atoms with Gasteiger partial charge in [-0.1, -0.05) is 32.0 Å². The Morgan fingerprint density at radius 3 is 2.60 bits per heavy atom. The summed E-state index contributed by atoms with van der Waals surface area (Å²) in [5.74, 6) is 2.78. The van der Waals surface area contributed by atoms with Gasteiger partial charge >= 0.3 is 0 Å². The third-order valence-corrected chi connectivity index (χ3v) is 3.15. The quantitative estimate of drug-likeness (QED) is 0.825. The zero-order valence-electron chi connectivity index (χ0n) is 12.5. The summed E-state index contributed by atoms with van der Waals surface area (Å²) in [7, 11) is 0. The first kappa shape index (κ1) is 14.7. The van der Waals surface area contributed by atoms with Gasteiger partial charge < -0.3 is 14.5 Å². The van der Waals surface area contributed by atoms with Gasteiger partial charge in [0.25, 0.3) is 0 Å². The Morgan fingerprint density at radius 1 is 1.15 bits per heavy atom. The molecule has 1 N–H and O–H groups in total. The molecule has 1 unspecified atom stereocenters. The Morgan fingerprint density at radius 2 is 1.95 bits per heavy atom. The monoisotopic (exact) mass is 273 g/mol. The predicted molar refractivity (Wildman–Crippen MR) is 81.2 cm³/mol. The number of hydrogen-bond donors (Lipinski definition) is 1. The van der Waals surface area contributed by atoms with Gasteiger partial charge in [0.1, 0.15) is 17.3 Å². The van der Waals surface area contributed by atoms with Crippen molar-refractivity contribution in [3.8, 4) is 5.75 Å². The van der Waals surface area contributed by atoms with Crippen LogP contribution in [0.3, 0.4) is 0 Å². The molecule has 0 saturated carbocycles. The van der Waals surface area contributed by atoms with Crippen LogP contribution < -0.4 is 10.1 Å². The van der Waals surface area contributed by atoms with Crippen molar-refractivity contribution in [2.24, 2.45) is 0 Å². The molecule has 0 radical (unpaired) electrons. The summed E-state index contributed by atoms with van der Waals surface area (Å²) in [5, 5.41) is 3.47. The molecule has 20 heavy (non-hydrogen) atoms. The summed E-state index contributed by atoms with van der Waals surface area (Å²) in [6.45, 7) is 7.77. The highest BCUT2D eigenvalue weighted by Crippen LogP contribution is 2.31. The molecule has 0 saturated heterocycles. The molecule has 0 aliphatic carbocycles. The zero-order valence-corrected chi connectivity index (χ0v) is 12.5. The van der Waals surface area contributed by atoms with Crippen molar-refractivity contribution in [3.63, 3.8) is 0 Å². The van der Waals surface area contributed by atoms with Crippen LogP contribution in [-0.4, -0.2) is 13.2 Å². The molecule has 1 aromatic heterocycles. The third kappa shape index (κ3) is 3.42. The van der Waals surface area contributed by atoms with Crippen LogP contribution in [0.2, 0.25) is 0 Å². The average Bonchev–Trinajstić information content (AvgIpc) is 2.89. The van der Waals surface area contributed by atoms with Crippen molar-refractivity contribution in [2.45, 2.75) is 33.2 Å². The van der Waals surface area contributed by atoms with Crippen LogP contribution in [0.5, 0.6) is 5.75 Å². The van der Waals surface area contributed by atoms with Crippen molar-refractivity contribution >= 4 is 0 Å². The van der Waals surface area contributed by atoms with Crippen LogP contribution in [-0.2, 0) is 0 Å². The molecule has 1 heterocycles. The molecule has 3 heteroatoms. The van der Waals surface area contributed by atoms with Crippen molar-refractivity contribution in [2.75, 3.05) is 13.2 Å². The fourth-order valence-electron chi connectivity index (χ4n) is 2.24. The number of nitrogens with one attached hydrogen (secondary N) is 1. The van der Waals surface area contributed by atoms with E-state index in [0.29, 0.717) is 0 Å². The van der Waals surface area contributed by atoms with E-state index in [-0.39, 0.29) is 6.04 Å². The van der Waals surface area contributed by atoms with E-state index in [1.807, 2.05) is 37.3 Å². The van der Waals surface area contributed by atoms with Crippen LogP contribution in [0.1, 0.15) is 43.4 Å². The summed E-state index contributed by atoms with van der Waals surface area (Å²) in [4.78, 5) is 0. The topological polar surface area (TPSA) is 34.4 Å². The van der Waals surface area contributed by atoms with E-state index >= 15 is 0 Å². The SMILES string of the molecule is CCCOc1ccccc1C(NCC)c1ccc(C)o1. The first-order chi connectivity index (χ1) is 9.76. The van der Waals surface area contributed by atoms with Crippen molar-refractivity contribution in [1.82, 2.24) is 5.32 Å². The fourth-order valence-corrected chi connectivity index (χ4v) is 2.24. The van der Waals surface area contributed by atoms with E-state index in [1.165, 1.54) is 0 Å². The van der Waals surface area contributed by atoms with Gasteiger partial charge in [-0.15, -0.1) is 0 Å². The highest BCUT2D eigenvalue weighted by molar-refractivity contribution is 5.39. The van der Waals surface area contributed by atoms with E-state index in [0.717, 1.165) is 42.4 Å². The lowest BCUT2D eigenvalue weighted by Crippen LogP contribution is -2.22. The molecule has 0 fully saturated rings. The summed E-state index contributed by atoms with van der Waals surface area (Å²) < 4.78 is 11.7. The molecule has 2 aromatic rings. The number of aryl methyl sites for hydroxylation is 1. The van der Waals surface area contributed by atoms with Crippen molar-refractivity contribution in [3.05, 3.63) is 53.5 Å². The molecule has 1 atom stereocenters. The highest BCUT2D eigenvalue weighted by Gasteiger charge is 2.20. The van der Waals surface area contributed by atoms with E-state index < -0.39 is 0 Å². The minimum Gasteiger partial charge on any atom is -0.493 e. The maximum atomic E-state index is 5.86. The van der Waals surface area contributed by atoms with Crippen LogP contribution in [0, 0.1) is 6.92 Å². The lowest BCUT2D eigenvalue weighted by Gasteiger charge is -2.19. The third-order valence-electron chi connectivity index (χ3n) is 3.15.